The minimum Gasteiger partial charge on any atom is -0.310 e. The Morgan fingerprint density at radius 2 is 2.06 bits per heavy atom. The maximum atomic E-state index is 3.61. The van der Waals surface area contributed by atoms with E-state index in [2.05, 4.69) is 61.2 Å². The fourth-order valence-corrected chi connectivity index (χ4v) is 2.20. The third-order valence-corrected chi connectivity index (χ3v) is 3.66. The summed E-state index contributed by atoms with van der Waals surface area (Å²) in [7, 11) is 0. The summed E-state index contributed by atoms with van der Waals surface area (Å²) in [5.41, 5.74) is 9.14. The maximum Gasteiger partial charge on any atom is 0.0291 e. The monoisotopic (exact) mass is 233 g/mol. The summed E-state index contributed by atoms with van der Waals surface area (Å²) in [6.45, 7) is 8.68. The van der Waals surface area contributed by atoms with Crippen LogP contribution in [0.25, 0.3) is 0 Å². The van der Waals surface area contributed by atoms with E-state index in [9.17, 15) is 0 Å². The molecule has 0 amide bonds. The highest BCUT2D eigenvalue weighted by molar-refractivity contribution is 5.23. The lowest BCUT2D eigenvalue weighted by molar-refractivity contribution is 0.428. The number of hydrogen-bond donors (Lipinski definition) is 3. The molecular weight excluding hydrogens is 210 g/mol. The average molecular weight is 233 g/mol. The zero-order valence-corrected chi connectivity index (χ0v) is 11.0. The smallest absolute Gasteiger partial charge is 0.0291 e. The Kier molecular flexibility index (Phi) is 4.15. The number of benzene rings is 1. The van der Waals surface area contributed by atoms with Crippen molar-refractivity contribution in [3.63, 3.8) is 0 Å². The highest BCUT2D eigenvalue weighted by Crippen LogP contribution is 2.14. The number of hydrogen-bond acceptors (Lipinski definition) is 3. The highest BCUT2D eigenvalue weighted by Gasteiger charge is 2.22. The Bertz CT molecular complexity index is 347. The van der Waals surface area contributed by atoms with Crippen molar-refractivity contribution < 1.29 is 0 Å². The molecule has 1 fully saturated rings. The molecule has 3 unspecified atom stereocenters. The molecule has 3 heteroatoms. The molecule has 1 heterocycles. The second-order valence-electron chi connectivity index (χ2n) is 5.11. The van der Waals surface area contributed by atoms with Gasteiger partial charge in [0.25, 0.3) is 0 Å². The normalized spacial score (nSPS) is 26.1. The molecule has 1 aliphatic rings. The van der Waals surface area contributed by atoms with Crippen molar-refractivity contribution >= 4 is 0 Å². The summed E-state index contributed by atoms with van der Waals surface area (Å²) in [4.78, 5) is 0. The van der Waals surface area contributed by atoms with Crippen LogP contribution in [0.5, 0.6) is 0 Å². The third kappa shape index (κ3) is 3.28. The first kappa shape index (κ1) is 12.6. The predicted octanol–water partition coefficient (Wildman–Crippen LogP) is 1.76. The van der Waals surface area contributed by atoms with Crippen LogP contribution in [0.4, 0.5) is 0 Å². The lowest BCUT2D eigenvalue weighted by Crippen LogP contribution is -2.33. The molecule has 0 radical (unpaired) electrons. The Labute approximate surface area is 104 Å². The van der Waals surface area contributed by atoms with E-state index in [1.807, 2.05) is 0 Å². The van der Waals surface area contributed by atoms with Crippen LogP contribution in [0.1, 0.15) is 31.0 Å². The van der Waals surface area contributed by atoms with E-state index < -0.39 is 0 Å². The lowest BCUT2D eigenvalue weighted by atomic mass is 10.0. The molecule has 0 aromatic heterocycles. The first-order chi connectivity index (χ1) is 8.16. The van der Waals surface area contributed by atoms with Gasteiger partial charge in [-0.25, -0.2) is 0 Å². The zero-order chi connectivity index (χ0) is 12.3. The van der Waals surface area contributed by atoms with Gasteiger partial charge in [0, 0.05) is 31.1 Å². The quantitative estimate of drug-likeness (QED) is 0.741. The van der Waals surface area contributed by atoms with E-state index in [0.717, 1.165) is 13.1 Å². The van der Waals surface area contributed by atoms with Gasteiger partial charge in [-0.05, 0) is 26.3 Å². The van der Waals surface area contributed by atoms with Gasteiger partial charge >= 0.3 is 0 Å². The van der Waals surface area contributed by atoms with Gasteiger partial charge in [0.1, 0.15) is 0 Å². The molecule has 2 rings (SSSR count). The Balaban J connectivity index is 1.84. The molecule has 3 atom stereocenters. The lowest BCUT2D eigenvalue weighted by Gasteiger charge is -2.19. The summed E-state index contributed by atoms with van der Waals surface area (Å²) >= 11 is 0. The maximum absolute atomic E-state index is 3.61. The van der Waals surface area contributed by atoms with Gasteiger partial charge in [0.2, 0.25) is 0 Å². The molecule has 1 aromatic rings. The highest BCUT2D eigenvalue weighted by atomic mass is 15.4. The van der Waals surface area contributed by atoms with Crippen molar-refractivity contribution in [2.24, 2.45) is 5.92 Å². The number of aryl methyl sites for hydroxylation is 1. The summed E-state index contributed by atoms with van der Waals surface area (Å²) in [6, 6.07) is 9.74. The summed E-state index contributed by atoms with van der Waals surface area (Å²) in [6.07, 6.45) is 0. The molecule has 1 saturated heterocycles. The van der Waals surface area contributed by atoms with E-state index >= 15 is 0 Å². The fraction of sp³-hybridized carbons (Fsp3) is 0.571. The molecule has 0 bridgehead atoms. The minimum atomic E-state index is 0.420. The van der Waals surface area contributed by atoms with Crippen molar-refractivity contribution in [3.8, 4) is 0 Å². The fourth-order valence-electron chi connectivity index (χ4n) is 2.20. The van der Waals surface area contributed by atoms with Crippen LogP contribution < -0.4 is 16.2 Å². The van der Waals surface area contributed by atoms with Crippen LogP contribution in [0.2, 0.25) is 0 Å². The Hall–Kier alpha value is -0.900. The largest absolute Gasteiger partial charge is 0.310 e. The van der Waals surface area contributed by atoms with E-state index in [1.54, 1.807) is 0 Å². The molecule has 94 valence electrons. The van der Waals surface area contributed by atoms with Gasteiger partial charge in [-0.1, -0.05) is 29.8 Å². The average Bonchev–Trinajstić information content (AvgIpc) is 2.73. The molecule has 0 spiro atoms. The SMILES string of the molecule is Cc1ccc(C(C)NCC2CNNC2C)cc1. The summed E-state index contributed by atoms with van der Waals surface area (Å²) < 4.78 is 0. The van der Waals surface area contributed by atoms with Gasteiger partial charge in [0.15, 0.2) is 0 Å². The number of hydrazine groups is 1. The van der Waals surface area contributed by atoms with Crippen LogP contribution in [-0.4, -0.2) is 19.1 Å². The van der Waals surface area contributed by atoms with Crippen molar-refractivity contribution in [1.29, 1.82) is 0 Å². The van der Waals surface area contributed by atoms with Gasteiger partial charge in [0.05, 0.1) is 0 Å². The Morgan fingerprint density at radius 1 is 1.35 bits per heavy atom. The van der Waals surface area contributed by atoms with Crippen LogP contribution >= 0.6 is 0 Å². The first-order valence-electron chi connectivity index (χ1n) is 6.45. The zero-order valence-electron chi connectivity index (χ0n) is 11.0. The molecule has 3 N–H and O–H groups in total. The summed E-state index contributed by atoms with van der Waals surface area (Å²) in [5.74, 6) is 0.669. The van der Waals surface area contributed by atoms with Crippen LogP contribution in [0.3, 0.4) is 0 Å². The van der Waals surface area contributed by atoms with E-state index in [1.165, 1.54) is 11.1 Å². The van der Waals surface area contributed by atoms with E-state index in [4.69, 9.17) is 0 Å². The van der Waals surface area contributed by atoms with Crippen molar-refractivity contribution in [2.45, 2.75) is 32.9 Å². The van der Waals surface area contributed by atoms with Crippen LogP contribution in [0, 0.1) is 12.8 Å². The van der Waals surface area contributed by atoms with Gasteiger partial charge in [-0.15, -0.1) is 0 Å². The standard InChI is InChI=1S/C14H23N3/c1-10-4-6-13(7-5-10)11(2)15-8-14-9-16-17-12(14)3/h4-7,11-12,14-17H,8-9H2,1-3H3. The third-order valence-electron chi connectivity index (χ3n) is 3.66. The van der Waals surface area contributed by atoms with Gasteiger partial charge < -0.3 is 5.32 Å². The van der Waals surface area contributed by atoms with E-state index in [0.29, 0.717) is 18.0 Å². The molecule has 17 heavy (non-hydrogen) atoms. The minimum absolute atomic E-state index is 0.420. The molecular formula is C14H23N3. The molecule has 1 aromatic carbocycles. The first-order valence-corrected chi connectivity index (χ1v) is 6.45. The molecule has 3 nitrogen and oxygen atoms in total. The second-order valence-corrected chi connectivity index (χ2v) is 5.11. The van der Waals surface area contributed by atoms with Crippen LogP contribution in [-0.2, 0) is 0 Å². The van der Waals surface area contributed by atoms with Gasteiger partial charge in [-0.2, -0.15) is 0 Å². The molecule has 1 aliphatic heterocycles. The van der Waals surface area contributed by atoms with Crippen molar-refractivity contribution in [3.05, 3.63) is 35.4 Å². The number of rotatable bonds is 4. The van der Waals surface area contributed by atoms with E-state index in [-0.39, 0.29) is 0 Å². The predicted molar refractivity (Wildman–Crippen MR) is 71.7 cm³/mol. The molecule has 0 saturated carbocycles. The van der Waals surface area contributed by atoms with Crippen molar-refractivity contribution in [2.75, 3.05) is 13.1 Å². The topological polar surface area (TPSA) is 36.1 Å². The van der Waals surface area contributed by atoms with Gasteiger partial charge in [-0.3, -0.25) is 10.9 Å². The molecule has 0 aliphatic carbocycles. The number of nitrogens with one attached hydrogen (secondary N) is 3. The summed E-state index contributed by atoms with van der Waals surface area (Å²) in [5, 5.41) is 3.61. The van der Waals surface area contributed by atoms with Crippen molar-refractivity contribution in [1.82, 2.24) is 16.2 Å². The second kappa shape index (κ2) is 5.63. The van der Waals surface area contributed by atoms with Crippen LogP contribution in [0.15, 0.2) is 24.3 Å². The Morgan fingerprint density at radius 3 is 2.65 bits per heavy atom.